The Morgan fingerprint density at radius 1 is 0.682 bits per heavy atom. The van der Waals surface area contributed by atoms with E-state index < -0.39 is 23.0 Å². The Morgan fingerprint density at radius 2 is 0.955 bits per heavy atom. The van der Waals surface area contributed by atoms with Crippen molar-refractivity contribution in [2.45, 2.75) is 77.3 Å². The van der Waals surface area contributed by atoms with Crippen LogP contribution in [0.25, 0.3) is 0 Å². The highest BCUT2D eigenvalue weighted by molar-refractivity contribution is 5.77. The molecule has 0 radical (unpaired) electrons. The lowest BCUT2D eigenvalue weighted by Crippen LogP contribution is -2.47. The molecule has 0 spiro atoms. The summed E-state index contributed by atoms with van der Waals surface area (Å²) in [5.74, 6) is -1.66. The molecule has 0 rings (SSSR count). The number of nitrogens with one attached hydrogen (secondary N) is 2. The van der Waals surface area contributed by atoms with Crippen LogP contribution in [0.2, 0.25) is 0 Å². The molecule has 6 nitrogen and oxygen atoms in total. The molecule has 0 aromatic rings. The number of hydrogen-bond acceptors (Lipinski definition) is 4. The Balaban J connectivity index is 3.45. The number of hydrogen-bond donors (Lipinski definition) is 4. The van der Waals surface area contributed by atoms with Gasteiger partial charge in [-0.3, -0.25) is 9.59 Å². The molecule has 6 heteroatoms. The van der Waals surface area contributed by atoms with E-state index in [1.165, 1.54) is 0 Å². The Bertz CT molecular complexity index is 320. The van der Waals surface area contributed by atoms with Crippen molar-refractivity contribution in [1.29, 1.82) is 0 Å². The zero-order chi connectivity index (χ0) is 17.2. The first kappa shape index (κ1) is 20.9. The molecule has 0 aliphatic rings. The Labute approximate surface area is 133 Å². The van der Waals surface area contributed by atoms with Gasteiger partial charge in [0.25, 0.3) is 0 Å². The summed E-state index contributed by atoms with van der Waals surface area (Å²) in [7, 11) is 0. The quantitative estimate of drug-likeness (QED) is 0.389. The number of carbonyl (C=O) groups is 2. The predicted molar refractivity (Wildman–Crippen MR) is 87.1 cm³/mol. The number of carboxylic acid groups (broad SMARTS) is 2. The molecule has 0 aliphatic heterocycles. The summed E-state index contributed by atoms with van der Waals surface area (Å²) in [5, 5.41) is 24.0. The third-order valence-electron chi connectivity index (χ3n) is 3.81. The van der Waals surface area contributed by atoms with Crippen molar-refractivity contribution in [2.75, 3.05) is 13.1 Å². The molecular weight excluding hydrogens is 284 g/mol. The van der Waals surface area contributed by atoms with Crippen molar-refractivity contribution in [3.8, 4) is 0 Å². The maximum atomic E-state index is 10.9. The SMILES string of the molecule is CC(C)(NCCCCCCCCNC(C)(C)C(=O)O)C(=O)O. The standard InChI is InChI=1S/C16H32N2O4/c1-15(2,13(19)20)17-11-9-7-5-6-8-10-12-18-16(3,4)14(21)22/h17-18H,5-12H2,1-4H3,(H,19,20)(H,21,22). The first-order valence-corrected chi connectivity index (χ1v) is 8.06. The summed E-state index contributed by atoms with van der Waals surface area (Å²) in [5.41, 5.74) is -1.72. The fraction of sp³-hybridized carbons (Fsp3) is 0.875. The van der Waals surface area contributed by atoms with E-state index in [1.54, 1.807) is 27.7 Å². The molecular formula is C16H32N2O4. The number of unbranched alkanes of at least 4 members (excludes halogenated alkanes) is 5. The first-order chi connectivity index (χ1) is 10.1. The molecule has 0 saturated carbocycles. The van der Waals surface area contributed by atoms with E-state index in [2.05, 4.69) is 10.6 Å². The van der Waals surface area contributed by atoms with Gasteiger partial charge in [-0.1, -0.05) is 25.7 Å². The van der Waals surface area contributed by atoms with E-state index in [0.717, 1.165) is 38.5 Å². The molecule has 130 valence electrons. The van der Waals surface area contributed by atoms with Gasteiger partial charge in [0.05, 0.1) is 0 Å². The number of carboxylic acids is 2. The summed E-state index contributed by atoms with van der Waals surface area (Å²) < 4.78 is 0. The van der Waals surface area contributed by atoms with Crippen LogP contribution < -0.4 is 10.6 Å². The van der Waals surface area contributed by atoms with Crippen molar-refractivity contribution in [3.05, 3.63) is 0 Å². The van der Waals surface area contributed by atoms with Gasteiger partial charge in [0, 0.05) is 0 Å². The monoisotopic (exact) mass is 316 g/mol. The fourth-order valence-corrected chi connectivity index (χ4v) is 1.91. The smallest absolute Gasteiger partial charge is 0.323 e. The maximum Gasteiger partial charge on any atom is 0.323 e. The van der Waals surface area contributed by atoms with Crippen molar-refractivity contribution in [3.63, 3.8) is 0 Å². The van der Waals surface area contributed by atoms with Gasteiger partial charge < -0.3 is 20.8 Å². The van der Waals surface area contributed by atoms with Crippen molar-refractivity contribution >= 4 is 11.9 Å². The molecule has 0 bridgehead atoms. The summed E-state index contributed by atoms with van der Waals surface area (Å²) in [6, 6.07) is 0. The molecule has 4 N–H and O–H groups in total. The van der Waals surface area contributed by atoms with Crippen molar-refractivity contribution in [1.82, 2.24) is 10.6 Å². The van der Waals surface area contributed by atoms with E-state index in [1.807, 2.05) is 0 Å². The Morgan fingerprint density at radius 3 is 1.23 bits per heavy atom. The van der Waals surface area contributed by atoms with Gasteiger partial charge in [-0.15, -0.1) is 0 Å². The van der Waals surface area contributed by atoms with E-state index in [4.69, 9.17) is 10.2 Å². The van der Waals surface area contributed by atoms with Crippen LogP contribution in [-0.4, -0.2) is 46.3 Å². The molecule has 0 aromatic heterocycles. The van der Waals surface area contributed by atoms with Crippen LogP contribution in [0.15, 0.2) is 0 Å². The predicted octanol–water partition coefficient (Wildman–Crippen LogP) is 2.23. The van der Waals surface area contributed by atoms with Crippen LogP contribution in [0.3, 0.4) is 0 Å². The molecule has 0 amide bonds. The van der Waals surface area contributed by atoms with E-state index in [0.29, 0.717) is 13.1 Å². The van der Waals surface area contributed by atoms with Crippen LogP contribution >= 0.6 is 0 Å². The maximum absolute atomic E-state index is 10.9. The topological polar surface area (TPSA) is 98.7 Å². The van der Waals surface area contributed by atoms with Crippen LogP contribution in [0, 0.1) is 0 Å². The lowest BCUT2D eigenvalue weighted by molar-refractivity contribution is -0.144. The molecule has 0 atom stereocenters. The third-order valence-corrected chi connectivity index (χ3v) is 3.81. The second kappa shape index (κ2) is 9.79. The highest BCUT2D eigenvalue weighted by atomic mass is 16.4. The van der Waals surface area contributed by atoms with Gasteiger partial charge in [-0.05, 0) is 53.6 Å². The Hall–Kier alpha value is -1.14. The van der Waals surface area contributed by atoms with Gasteiger partial charge in [-0.25, -0.2) is 0 Å². The molecule has 0 fully saturated rings. The van der Waals surface area contributed by atoms with Crippen LogP contribution in [0.1, 0.15) is 66.2 Å². The highest BCUT2D eigenvalue weighted by Gasteiger charge is 2.26. The molecule has 0 aromatic carbocycles. The zero-order valence-corrected chi connectivity index (χ0v) is 14.4. The van der Waals surface area contributed by atoms with Gasteiger partial charge >= 0.3 is 11.9 Å². The van der Waals surface area contributed by atoms with E-state index >= 15 is 0 Å². The summed E-state index contributed by atoms with van der Waals surface area (Å²) in [6.45, 7) is 8.10. The van der Waals surface area contributed by atoms with E-state index in [9.17, 15) is 9.59 Å². The summed E-state index contributed by atoms with van der Waals surface area (Å²) in [4.78, 5) is 21.8. The van der Waals surface area contributed by atoms with Gasteiger partial charge in [-0.2, -0.15) is 0 Å². The van der Waals surface area contributed by atoms with Gasteiger partial charge in [0.2, 0.25) is 0 Å². The van der Waals surface area contributed by atoms with Gasteiger partial charge in [0.15, 0.2) is 0 Å². The highest BCUT2D eigenvalue weighted by Crippen LogP contribution is 2.08. The minimum atomic E-state index is -0.859. The molecule has 0 aliphatic carbocycles. The minimum Gasteiger partial charge on any atom is -0.480 e. The second-order valence-corrected chi connectivity index (χ2v) is 6.84. The average Bonchev–Trinajstić information content (AvgIpc) is 2.40. The molecule has 0 unspecified atom stereocenters. The molecule has 22 heavy (non-hydrogen) atoms. The molecule has 0 heterocycles. The lowest BCUT2D eigenvalue weighted by atomic mass is 10.0. The number of aliphatic carboxylic acids is 2. The molecule has 0 saturated heterocycles. The first-order valence-electron chi connectivity index (χ1n) is 8.06. The van der Waals surface area contributed by atoms with Crippen molar-refractivity contribution < 1.29 is 19.8 Å². The number of rotatable bonds is 13. The average molecular weight is 316 g/mol. The van der Waals surface area contributed by atoms with Gasteiger partial charge in [0.1, 0.15) is 11.1 Å². The largest absolute Gasteiger partial charge is 0.480 e. The normalized spacial score (nSPS) is 12.4. The summed E-state index contributed by atoms with van der Waals surface area (Å²) >= 11 is 0. The second-order valence-electron chi connectivity index (χ2n) is 6.84. The minimum absolute atomic E-state index is 0.716. The van der Waals surface area contributed by atoms with Crippen LogP contribution in [0.4, 0.5) is 0 Å². The Kier molecular flexibility index (Phi) is 9.28. The van der Waals surface area contributed by atoms with Crippen LogP contribution in [0.5, 0.6) is 0 Å². The van der Waals surface area contributed by atoms with Crippen LogP contribution in [-0.2, 0) is 9.59 Å². The lowest BCUT2D eigenvalue weighted by Gasteiger charge is -2.21. The van der Waals surface area contributed by atoms with Crippen molar-refractivity contribution in [2.24, 2.45) is 0 Å². The fourth-order valence-electron chi connectivity index (χ4n) is 1.91. The summed E-state index contributed by atoms with van der Waals surface area (Å²) in [6.07, 6.45) is 6.35. The van der Waals surface area contributed by atoms with E-state index in [-0.39, 0.29) is 0 Å². The third kappa shape index (κ3) is 9.00. The zero-order valence-electron chi connectivity index (χ0n) is 14.4.